The Balaban J connectivity index is 1.66. The van der Waals surface area contributed by atoms with Crippen molar-refractivity contribution in [3.05, 3.63) is 56.4 Å². The molecule has 3 aromatic rings. The molecule has 28 heavy (non-hydrogen) atoms. The average molecular weight is 419 g/mol. The minimum atomic E-state index is -0.422. The van der Waals surface area contributed by atoms with E-state index in [9.17, 15) is 9.59 Å². The minimum Gasteiger partial charge on any atom is -0.410 e. The third kappa shape index (κ3) is 3.38. The Morgan fingerprint density at radius 2 is 2.07 bits per heavy atom. The molecule has 0 radical (unpaired) electrons. The van der Waals surface area contributed by atoms with E-state index < -0.39 is 6.09 Å². The van der Waals surface area contributed by atoms with Gasteiger partial charge >= 0.3 is 6.09 Å². The van der Waals surface area contributed by atoms with Gasteiger partial charge in [-0.1, -0.05) is 55.0 Å². The highest BCUT2D eigenvalue weighted by Gasteiger charge is 2.34. The molecule has 1 fully saturated rings. The summed E-state index contributed by atoms with van der Waals surface area (Å²) in [5, 5.41) is 5.17. The van der Waals surface area contributed by atoms with Gasteiger partial charge in [-0.3, -0.25) is 9.69 Å². The van der Waals surface area contributed by atoms with Crippen LogP contribution in [0.15, 0.2) is 35.1 Å². The van der Waals surface area contributed by atoms with Crippen molar-refractivity contribution < 1.29 is 9.53 Å². The highest BCUT2D eigenvalue weighted by Crippen LogP contribution is 2.35. The molecule has 4 rings (SSSR count). The van der Waals surface area contributed by atoms with E-state index in [1.165, 1.54) is 15.9 Å². The van der Waals surface area contributed by atoms with E-state index in [2.05, 4.69) is 10.1 Å². The predicted octanol–water partition coefficient (Wildman–Crippen LogP) is 4.26. The van der Waals surface area contributed by atoms with Crippen molar-refractivity contribution in [2.45, 2.75) is 38.6 Å². The summed E-state index contributed by atoms with van der Waals surface area (Å²) in [5.74, 6) is 0.522. The summed E-state index contributed by atoms with van der Waals surface area (Å²) < 4.78 is 6.71. The largest absolute Gasteiger partial charge is 0.415 e. The lowest BCUT2D eigenvalue weighted by Crippen LogP contribution is -2.33. The molecule has 0 bridgehead atoms. The zero-order valence-corrected chi connectivity index (χ0v) is 17.0. The Labute approximate surface area is 170 Å². The number of ether oxygens (including phenoxy) is 1. The molecule has 0 spiro atoms. The molecular formula is C19H19ClN4O3S. The van der Waals surface area contributed by atoms with Crippen LogP contribution < -0.4 is 10.3 Å². The van der Waals surface area contributed by atoms with Gasteiger partial charge in [0.15, 0.2) is 0 Å². The van der Waals surface area contributed by atoms with Crippen LogP contribution in [0.4, 0.5) is 4.79 Å². The molecule has 2 aromatic heterocycles. The first-order valence-corrected chi connectivity index (χ1v) is 10.3. The normalized spacial score (nSPS) is 16.9. The number of hydrogen-bond donors (Lipinski definition) is 0. The van der Waals surface area contributed by atoms with Crippen LogP contribution in [0.1, 0.15) is 49.4 Å². The van der Waals surface area contributed by atoms with Crippen molar-refractivity contribution in [1.29, 1.82) is 0 Å². The Morgan fingerprint density at radius 1 is 1.32 bits per heavy atom. The van der Waals surface area contributed by atoms with Crippen LogP contribution in [0.25, 0.3) is 4.96 Å². The summed E-state index contributed by atoms with van der Waals surface area (Å²) in [6.07, 6.45) is 1.17. The highest BCUT2D eigenvalue weighted by atomic mass is 35.5. The number of amides is 1. The van der Waals surface area contributed by atoms with Gasteiger partial charge in [0.1, 0.15) is 15.8 Å². The van der Waals surface area contributed by atoms with Gasteiger partial charge < -0.3 is 4.74 Å². The van der Waals surface area contributed by atoms with Crippen LogP contribution in [-0.4, -0.2) is 32.1 Å². The number of carbonyl (C=O) groups excluding carboxylic acids is 1. The van der Waals surface area contributed by atoms with E-state index >= 15 is 0 Å². The van der Waals surface area contributed by atoms with E-state index in [1.54, 1.807) is 17.0 Å². The van der Waals surface area contributed by atoms with E-state index in [-0.39, 0.29) is 22.5 Å². The zero-order valence-electron chi connectivity index (χ0n) is 15.5. The molecule has 1 amide bonds. The minimum absolute atomic E-state index is 0.0274. The van der Waals surface area contributed by atoms with Crippen molar-refractivity contribution in [2.75, 3.05) is 6.54 Å². The number of fused-ring (bicyclic) bond motifs is 1. The Morgan fingerprint density at radius 3 is 2.79 bits per heavy atom. The number of hydrogen-bond acceptors (Lipinski definition) is 6. The average Bonchev–Trinajstić information content (AvgIpc) is 3.32. The fourth-order valence-electron chi connectivity index (χ4n) is 3.26. The number of rotatable bonds is 3. The van der Waals surface area contributed by atoms with Crippen LogP contribution in [-0.2, 0) is 0 Å². The molecule has 1 aliphatic heterocycles. The van der Waals surface area contributed by atoms with Gasteiger partial charge in [0.2, 0.25) is 4.96 Å². The molecule has 1 atom stereocenters. The lowest BCUT2D eigenvalue weighted by atomic mass is 10.1. The topological polar surface area (TPSA) is 76.8 Å². The molecule has 1 saturated heterocycles. The van der Waals surface area contributed by atoms with Gasteiger partial charge in [0.25, 0.3) is 5.56 Å². The van der Waals surface area contributed by atoms with E-state index in [0.717, 1.165) is 12.8 Å². The molecule has 1 aromatic carbocycles. The van der Waals surface area contributed by atoms with Gasteiger partial charge in [0.05, 0.1) is 11.7 Å². The maximum absolute atomic E-state index is 12.7. The van der Waals surface area contributed by atoms with Crippen molar-refractivity contribution >= 4 is 34.0 Å². The first-order chi connectivity index (χ1) is 13.5. The molecule has 0 N–H and O–H groups in total. The van der Waals surface area contributed by atoms with E-state index in [0.29, 0.717) is 28.0 Å². The second kappa shape index (κ2) is 7.52. The smallest absolute Gasteiger partial charge is 0.410 e. The summed E-state index contributed by atoms with van der Waals surface area (Å²) >= 11 is 7.50. The number of carbonyl (C=O) groups is 1. The number of aromatic nitrogens is 3. The van der Waals surface area contributed by atoms with Gasteiger partial charge in [0, 0.05) is 6.54 Å². The lowest BCUT2D eigenvalue weighted by Gasteiger charge is -2.21. The van der Waals surface area contributed by atoms with Crippen LogP contribution in [0, 0.1) is 0 Å². The summed E-state index contributed by atoms with van der Waals surface area (Å²) in [7, 11) is 0. The van der Waals surface area contributed by atoms with Crippen LogP contribution >= 0.6 is 22.9 Å². The SMILES string of the molecule is CC(C)c1nc2sc([C@H]3CCCN3C(=O)Oc3ccccc3)nn2c(=O)c1Cl. The summed E-state index contributed by atoms with van der Waals surface area (Å²) in [6, 6.07) is 8.71. The van der Waals surface area contributed by atoms with Crippen LogP contribution in [0.3, 0.4) is 0 Å². The van der Waals surface area contributed by atoms with Gasteiger partial charge in [-0.25, -0.2) is 9.78 Å². The monoisotopic (exact) mass is 418 g/mol. The second-order valence-electron chi connectivity index (χ2n) is 6.94. The second-order valence-corrected chi connectivity index (χ2v) is 8.30. The molecule has 7 nitrogen and oxygen atoms in total. The quantitative estimate of drug-likeness (QED) is 0.635. The number of nitrogens with zero attached hydrogens (tertiary/aromatic N) is 4. The third-order valence-electron chi connectivity index (χ3n) is 4.66. The summed E-state index contributed by atoms with van der Waals surface area (Å²) in [4.78, 5) is 31.9. The first-order valence-electron chi connectivity index (χ1n) is 9.08. The molecule has 9 heteroatoms. The van der Waals surface area contributed by atoms with Crippen LogP contribution in [0.5, 0.6) is 5.75 Å². The molecule has 146 valence electrons. The Hall–Kier alpha value is -2.45. The summed E-state index contributed by atoms with van der Waals surface area (Å²) in [5.41, 5.74) is 0.183. The molecule has 0 saturated carbocycles. The van der Waals surface area contributed by atoms with E-state index in [4.69, 9.17) is 16.3 Å². The predicted molar refractivity (Wildman–Crippen MR) is 107 cm³/mol. The van der Waals surface area contributed by atoms with E-state index in [1.807, 2.05) is 32.0 Å². The number of benzene rings is 1. The molecule has 3 heterocycles. The van der Waals surface area contributed by atoms with Crippen molar-refractivity contribution in [2.24, 2.45) is 0 Å². The summed E-state index contributed by atoms with van der Waals surface area (Å²) in [6.45, 7) is 4.45. The third-order valence-corrected chi connectivity index (χ3v) is 6.03. The highest BCUT2D eigenvalue weighted by molar-refractivity contribution is 7.16. The lowest BCUT2D eigenvalue weighted by molar-refractivity contribution is 0.147. The fraction of sp³-hybridized carbons (Fsp3) is 0.368. The van der Waals surface area contributed by atoms with Gasteiger partial charge in [-0.2, -0.15) is 9.61 Å². The zero-order chi connectivity index (χ0) is 19.8. The molecule has 0 aliphatic carbocycles. The molecule has 0 unspecified atom stereocenters. The number of halogens is 1. The van der Waals surface area contributed by atoms with Crippen molar-refractivity contribution in [3.63, 3.8) is 0 Å². The van der Waals surface area contributed by atoms with Crippen molar-refractivity contribution in [1.82, 2.24) is 19.5 Å². The number of likely N-dealkylation sites (tertiary alicyclic amines) is 1. The fourth-order valence-corrected chi connectivity index (χ4v) is 4.65. The van der Waals surface area contributed by atoms with Crippen LogP contribution in [0.2, 0.25) is 5.02 Å². The Kier molecular flexibility index (Phi) is 5.07. The maximum atomic E-state index is 12.7. The standard InChI is InChI=1S/C19H19ClN4O3S/c1-11(2)15-14(20)17(25)24-18(21-15)28-16(22-24)13-9-6-10-23(13)19(26)27-12-7-4-3-5-8-12/h3-5,7-8,11,13H,6,9-10H2,1-2H3/t13-/m1/s1. The van der Waals surface area contributed by atoms with Gasteiger partial charge in [-0.05, 0) is 30.9 Å². The van der Waals surface area contributed by atoms with Crippen molar-refractivity contribution in [3.8, 4) is 5.75 Å². The Bertz CT molecular complexity index is 1080. The number of para-hydroxylation sites is 1. The molecule has 1 aliphatic rings. The van der Waals surface area contributed by atoms with Gasteiger partial charge in [-0.15, -0.1) is 0 Å². The molecular weight excluding hydrogens is 400 g/mol. The maximum Gasteiger partial charge on any atom is 0.415 e. The first kappa shape index (κ1) is 18.9.